The van der Waals surface area contributed by atoms with E-state index in [0.717, 1.165) is 18.4 Å². The molecule has 7 heteroatoms. The van der Waals surface area contributed by atoms with Gasteiger partial charge < -0.3 is 14.4 Å². The highest BCUT2D eigenvalue weighted by atomic mass is 16.6. The number of piperidine rings is 1. The number of carbonyl (C=O) groups is 2. The Hall–Kier alpha value is -2.15. The Kier molecular flexibility index (Phi) is 5.07. The lowest BCUT2D eigenvalue weighted by Gasteiger charge is -2.33. The van der Waals surface area contributed by atoms with Gasteiger partial charge in [0.25, 0.3) is 0 Å². The Morgan fingerprint density at radius 1 is 1.43 bits per heavy atom. The third-order valence-corrected chi connectivity index (χ3v) is 4.11. The summed E-state index contributed by atoms with van der Waals surface area (Å²) >= 11 is 0. The summed E-state index contributed by atoms with van der Waals surface area (Å²) < 4.78 is 10.7. The smallest absolute Gasteiger partial charge is 0.410 e. The first-order chi connectivity index (χ1) is 11.2. The minimum atomic E-state index is -0.403. The number of hydrogen-bond donors (Lipinski definition) is 0. The standard InChI is InChI=1S/C16H21N3O4/c20-15(11-19-7-8-22-16(19)21)18-6-2-4-14(10-18)23-12-13-3-1-5-17-9-13/h1,3,5,9,14H,2,4,6-8,10-12H2/t14-/m0/s1. The van der Waals surface area contributed by atoms with Crippen LogP contribution < -0.4 is 0 Å². The molecule has 0 aromatic carbocycles. The summed E-state index contributed by atoms with van der Waals surface area (Å²) in [4.78, 5) is 31.0. The Balaban J connectivity index is 1.47. The van der Waals surface area contributed by atoms with Crippen LogP contribution in [0.5, 0.6) is 0 Å². The Bertz CT molecular complexity index is 552. The SMILES string of the molecule is O=C(CN1CCOC1=O)N1CCC[C@H](OCc2cccnc2)C1. The number of pyridine rings is 1. The molecule has 0 bridgehead atoms. The predicted molar refractivity (Wildman–Crippen MR) is 81.5 cm³/mol. The van der Waals surface area contributed by atoms with Crippen LogP contribution in [0.1, 0.15) is 18.4 Å². The van der Waals surface area contributed by atoms with Crippen LogP contribution in [-0.4, -0.2) is 65.7 Å². The maximum Gasteiger partial charge on any atom is 0.410 e. The molecule has 0 unspecified atom stereocenters. The Morgan fingerprint density at radius 3 is 3.09 bits per heavy atom. The Morgan fingerprint density at radius 2 is 2.35 bits per heavy atom. The molecule has 0 aliphatic carbocycles. The van der Waals surface area contributed by atoms with Gasteiger partial charge in [0.05, 0.1) is 19.3 Å². The maximum absolute atomic E-state index is 12.3. The van der Waals surface area contributed by atoms with E-state index in [0.29, 0.717) is 32.8 Å². The van der Waals surface area contributed by atoms with Crippen molar-refractivity contribution in [2.45, 2.75) is 25.6 Å². The molecule has 0 saturated carbocycles. The quantitative estimate of drug-likeness (QED) is 0.811. The molecular formula is C16H21N3O4. The maximum atomic E-state index is 12.3. The van der Waals surface area contributed by atoms with Crippen molar-refractivity contribution in [3.05, 3.63) is 30.1 Å². The van der Waals surface area contributed by atoms with Crippen LogP contribution in [-0.2, 0) is 20.9 Å². The molecule has 0 radical (unpaired) electrons. The van der Waals surface area contributed by atoms with Crippen LogP contribution >= 0.6 is 0 Å². The summed E-state index contributed by atoms with van der Waals surface area (Å²) in [5.41, 5.74) is 1.02. The molecule has 3 heterocycles. The van der Waals surface area contributed by atoms with Crippen molar-refractivity contribution in [1.29, 1.82) is 0 Å². The van der Waals surface area contributed by atoms with Gasteiger partial charge in [0, 0.05) is 25.5 Å². The van der Waals surface area contributed by atoms with Crippen molar-refractivity contribution in [3.8, 4) is 0 Å². The zero-order valence-electron chi connectivity index (χ0n) is 13.0. The van der Waals surface area contributed by atoms with Crippen molar-refractivity contribution < 1.29 is 19.1 Å². The number of nitrogens with zero attached hydrogens (tertiary/aromatic N) is 3. The van der Waals surface area contributed by atoms with Gasteiger partial charge in [0.15, 0.2) is 0 Å². The van der Waals surface area contributed by atoms with Gasteiger partial charge in [0.2, 0.25) is 5.91 Å². The van der Waals surface area contributed by atoms with Crippen molar-refractivity contribution in [2.75, 3.05) is 32.8 Å². The zero-order chi connectivity index (χ0) is 16.1. The number of hydrogen-bond acceptors (Lipinski definition) is 5. The first-order valence-corrected chi connectivity index (χ1v) is 7.92. The van der Waals surface area contributed by atoms with E-state index in [4.69, 9.17) is 9.47 Å². The molecule has 7 nitrogen and oxygen atoms in total. The number of cyclic esters (lactones) is 1. The molecule has 1 atom stereocenters. The normalized spacial score (nSPS) is 21.4. The lowest BCUT2D eigenvalue weighted by molar-refractivity contribution is -0.136. The highest BCUT2D eigenvalue weighted by Crippen LogP contribution is 2.16. The molecule has 2 saturated heterocycles. The number of aromatic nitrogens is 1. The molecule has 23 heavy (non-hydrogen) atoms. The second-order valence-corrected chi connectivity index (χ2v) is 5.81. The van der Waals surface area contributed by atoms with Crippen molar-refractivity contribution in [3.63, 3.8) is 0 Å². The molecule has 0 spiro atoms. The average Bonchev–Trinajstić information content (AvgIpc) is 2.99. The van der Waals surface area contributed by atoms with E-state index < -0.39 is 6.09 Å². The van der Waals surface area contributed by atoms with Crippen LogP contribution in [0.2, 0.25) is 0 Å². The number of carbonyl (C=O) groups excluding carboxylic acids is 2. The largest absolute Gasteiger partial charge is 0.448 e. The first kappa shape index (κ1) is 15.7. The van der Waals surface area contributed by atoms with Crippen molar-refractivity contribution >= 4 is 12.0 Å². The summed E-state index contributed by atoms with van der Waals surface area (Å²) in [6.45, 7) is 2.73. The van der Waals surface area contributed by atoms with Crippen molar-refractivity contribution in [1.82, 2.24) is 14.8 Å². The average molecular weight is 319 g/mol. The van der Waals surface area contributed by atoms with Gasteiger partial charge in [-0.05, 0) is 24.5 Å². The summed E-state index contributed by atoms with van der Waals surface area (Å²) in [6.07, 6.45) is 4.99. The fourth-order valence-electron chi connectivity index (χ4n) is 2.83. The summed E-state index contributed by atoms with van der Waals surface area (Å²) in [5.74, 6) is -0.0430. The zero-order valence-corrected chi connectivity index (χ0v) is 13.0. The Labute approximate surface area is 135 Å². The third-order valence-electron chi connectivity index (χ3n) is 4.11. The third kappa shape index (κ3) is 4.19. The van der Waals surface area contributed by atoms with Crippen LogP contribution in [0.3, 0.4) is 0 Å². The lowest BCUT2D eigenvalue weighted by atomic mass is 10.1. The van der Waals surface area contributed by atoms with Gasteiger partial charge in [-0.25, -0.2) is 4.79 Å². The second-order valence-electron chi connectivity index (χ2n) is 5.81. The monoisotopic (exact) mass is 319 g/mol. The highest BCUT2D eigenvalue weighted by molar-refractivity contribution is 5.83. The van der Waals surface area contributed by atoms with E-state index in [1.165, 1.54) is 4.90 Å². The number of likely N-dealkylation sites (tertiary alicyclic amines) is 1. The fraction of sp³-hybridized carbons (Fsp3) is 0.562. The van der Waals surface area contributed by atoms with E-state index in [2.05, 4.69) is 4.98 Å². The minimum absolute atomic E-state index is 0.0263. The number of amides is 2. The van der Waals surface area contributed by atoms with Gasteiger partial charge in [-0.15, -0.1) is 0 Å². The van der Waals surface area contributed by atoms with Crippen LogP contribution in [0.15, 0.2) is 24.5 Å². The molecule has 2 aliphatic rings. The lowest BCUT2D eigenvalue weighted by Crippen LogP contribution is -2.47. The van der Waals surface area contributed by atoms with E-state index in [1.807, 2.05) is 12.1 Å². The molecule has 1 aromatic heterocycles. The van der Waals surface area contributed by atoms with E-state index in [-0.39, 0.29) is 18.6 Å². The predicted octanol–water partition coefficient (Wildman–Crippen LogP) is 1.04. The van der Waals surface area contributed by atoms with Gasteiger partial charge >= 0.3 is 6.09 Å². The molecule has 124 valence electrons. The topological polar surface area (TPSA) is 72.0 Å². The van der Waals surface area contributed by atoms with E-state index >= 15 is 0 Å². The first-order valence-electron chi connectivity index (χ1n) is 7.92. The van der Waals surface area contributed by atoms with Gasteiger partial charge in [-0.1, -0.05) is 6.07 Å². The van der Waals surface area contributed by atoms with Gasteiger partial charge in [-0.3, -0.25) is 14.7 Å². The minimum Gasteiger partial charge on any atom is -0.448 e. The van der Waals surface area contributed by atoms with Crippen LogP contribution in [0.25, 0.3) is 0 Å². The summed E-state index contributed by atoms with van der Waals surface area (Å²) in [7, 11) is 0. The summed E-state index contributed by atoms with van der Waals surface area (Å²) in [5, 5.41) is 0. The van der Waals surface area contributed by atoms with E-state index in [9.17, 15) is 9.59 Å². The molecule has 1 aromatic rings. The fourth-order valence-corrected chi connectivity index (χ4v) is 2.83. The van der Waals surface area contributed by atoms with Crippen LogP contribution in [0.4, 0.5) is 4.79 Å². The molecule has 3 rings (SSSR count). The molecular weight excluding hydrogens is 298 g/mol. The van der Waals surface area contributed by atoms with Gasteiger partial charge in [0.1, 0.15) is 13.2 Å². The second kappa shape index (κ2) is 7.41. The van der Waals surface area contributed by atoms with Crippen LogP contribution in [0, 0.1) is 0 Å². The molecule has 2 fully saturated rings. The number of ether oxygens (including phenoxy) is 2. The molecule has 0 N–H and O–H groups in total. The highest BCUT2D eigenvalue weighted by Gasteiger charge is 2.29. The molecule has 2 aliphatic heterocycles. The summed E-state index contributed by atoms with van der Waals surface area (Å²) in [6, 6.07) is 3.85. The number of rotatable bonds is 5. The van der Waals surface area contributed by atoms with E-state index in [1.54, 1.807) is 17.3 Å². The van der Waals surface area contributed by atoms with Crippen molar-refractivity contribution in [2.24, 2.45) is 0 Å². The molecule has 2 amide bonds. The van der Waals surface area contributed by atoms with Gasteiger partial charge in [-0.2, -0.15) is 0 Å².